The fourth-order valence-corrected chi connectivity index (χ4v) is 4.01. The van der Waals surface area contributed by atoms with E-state index in [1.54, 1.807) is 59.4 Å². The Balaban J connectivity index is 1.81. The Bertz CT molecular complexity index is 1420. The van der Waals surface area contributed by atoms with Crippen molar-refractivity contribution >= 4 is 27.1 Å². The zero-order chi connectivity index (χ0) is 22.0. The van der Waals surface area contributed by atoms with Crippen LogP contribution >= 0.6 is 0 Å². The van der Waals surface area contributed by atoms with Crippen molar-refractivity contribution in [1.82, 2.24) is 19.6 Å². The molecule has 0 aliphatic heterocycles. The molecule has 31 heavy (non-hydrogen) atoms. The van der Waals surface area contributed by atoms with Crippen molar-refractivity contribution in [2.24, 2.45) is 0 Å². The van der Waals surface area contributed by atoms with Crippen molar-refractivity contribution in [2.45, 2.75) is 0 Å². The van der Waals surface area contributed by atoms with Gasteiger partial charge in [-0.3, -0.25) is 14.1 Å². The Kier molecular flexibility index (Phi) is 5.23. The number of hydrogen-bond donors (Lipinski definition) is 0. The summed E-state index contributed by atoms with van der Waals surface area (Å²) in [6, 6.07) is 13.8. The molecule has 0 bridgehead atoms. The van der Waals surface area contributed by atoms with Crippen LogP contribution in [-0.4, -0.2) is 46.6 Å². The zero-order valence-electron chi connectivity index (χ0n) is 16.5. The monoisotopic (exact) mass is 431 g/mol. The van der Waals surface area contributed by atoms with Crippen molar-refractivity contribution in [3.63, 3.8) is 0 Å². The second-order valence-corrected chi connectivity index (χ2v) is 8.60. The molecule has 154 valence electrons. The lowest BCUT2D eigenvalue weighted by atomic mass is 10.1. The maximum absolute atomic E-state index is 12.8. The van der Waals surface area contributed by atoms with Gasteiger partial charge in [-0.25, -0.2) is 17.9 Å². The Labute approximate surface area is 179 Å². The van der Waals surface area contributed by atoms with Gasteiger partial charge < -0.3 is 0 Å². The van der Waals surface area contributed by atoms with Crippen LogP contribution in [0.5, 0.6) is 0 Å². The number of pyridine rings is 1. The zero-order valence-corrected chi connectivity index (χ0v) is 17.3. The van der Waals surface area contributed by atoms with Gasteiger partial charge in [0.25, 0.3) is 0 Å². The lowest BCUT2D eigenvalue weighted by molar-refractivity contribution is 0.103. The minimum absolute atomic E-state index is 0.0848. The van der Waals surface area contributed by atoms with Crippen LogP contribution in [0.25, 0.3) is 16.9 Å². The van der Waals surface area contributed by atoms with Crippen LogP contribution in [-0.2, 0) is 10.0 Å². The van der Waals surface area contributed by atoms with Crippen molar-refractivity contribution < 1.29 is 13.2 Å². The maximum Gasteiger partial charge on any atom is 0.233 e. The molecule has 8 nitrogen and oxygen atoms in total. The number of carbonyl (C=O) groups excluding carboxylic acids is 1. The quantitative estimate of drug-likeness (QED) is 0.344. The molecule has 4 aromatic rings. The van der Waals surface area contributed by atoms with Gasteiger partial charge >= 0.3 is 0 Å². The highest BCUT2D eigenvalue weighted by molar-refractivity contribution is 7.92. The minimum atomic E-state index is -3.55. The molecular weight excluding hydrogens is 414 g/mol. The van der Waals surface area contributed by atoms with E-state index in [9.17, 15) is 13.2 Å². The van der Waals surface area contributed by atoms with E-state index in [-0.39, 0.29) is 12.3 Å². The number of fused-ring (bicyclic) bond motifs is 1. The fraction of sp³-hybridized carbons (Fsp3) is 0.0909. The molecule has 0 N–H and O–H groups in total. The summed E-state index contributed by atoms with van der Waals surface area (Å²) in [5.74, 6) is 2.08. The summed E-state index contributed by atoms with van der Waals surface area (Å²) in [6.07, 6.45) is 11.0. The van der Waals surface area contributed by atoms with Gasteiger partial charge in [-0.2, -0.15) is 5.10 Å². The molecule has 3 heterocycles. The Morgan fingerprint density at radius 2 is 1.97 bits per heavy atom. The normalized spacial score (nSPS) is 11.2. The van der Waals surface area contributed by atoms with Crippen LogP contribution in [0, 0.1) is 12.3 Å². The third-order valence-corrected chi connectivity index (χ3v) is 5.75. The molecule has 4 rings (SSSR count). The summed E-state index contributed by atoms with van der Waals surface area (Å²) in [6.45, 7) is -0.0848. The number of terminal acetylenes is 1. The number of hydrogen-bond acceptors (Lipinski definition) is 6. The van der Waals surface area contributed by atoms with Gasteiger partial charge in [0.1, 0.15) is 5.69 Å². The van der Waals surface area contributed by atoms with Gasteiger partial charge in [0.15, 0.2) is 5.65 Å². The lowest BCUT2D eigenvalue weighted by Gasteiger charge is -2.20. The van der Waals surface area contributed by atoms with Crippen molar-refractivity contribution in [3.05, 3.63) is 78.4 Å². The molecule has 9 heteroatoms. The Morgan fingerprint density at radius 3 is 2.68 bits per heavy atom. The summed E-state index contributed by atoms with van der Waals surface area (Å²) < 4.78 is 27.0. The molecule has 3 aromatic heterocycles. The second-order valence-electron chi connectivity index (χ2n) is 6.69. The molecule has 0 spiro atoms. The van der Waals surface area contributed by atoms with Crippen LogP contribution in [0.15, 0.2) is 67.1 Å². The van der Waals surface area contributed by atoms with Crippen LogP contribution in [0.2, 0.25) is 0 Å². The predicted octanol–water partition coefficient (Wildman–Crippen LogP) is 2.42. The molecule has 0 aliphatic carbocycles. The minimum Gasteiger partial charge on any atom is -0.287 e. The van der Waals surface area contributed by atoms with E-state index in [2.05, 4.69) is 21.0 Å². The van der Waals surface area contributed by atoms with E-state index in [0.717, 1.165) is 10.6 Å². The molecule has 0 radical (unpaired) electrons. The van der Waals surface area contributed by atoms with E-state index in [1.165, 1.54) is 6.20 Å². The van der Waals surface area contributed by atoms with Crippen molar-refractivity contribution in [3.8, 4) is 23.6 Å². The van der Waals surface area contributed by atoms with Crippen LogP contribution in [0.4, 0.5) is 5.69 Å². The van der Waals surface area contributed by atoms with E-state index in [4.69, 9.17) is 6.42 Å². The third kappa shape index (κ3) is 3.89. The first kappa shape index (κ1) is 20.3. The molecule has 0 atom stereocenters. The molecule has 0 saturated carbocycles. The van der Waals surface area contributed by atoms with Crippen LogP contribution in [0.3, 0.4) is 0 Å². The number of carbonyl (C=O) groups is 1. The van der Waals surface area contributed by atoms with Gasteiger partial charge in [-0.1, -0.05) is 24.1 Å². The van der Waals surface area contributed by atoms with E-state index >= 15 is 0 Å². The largest absolute Gasteiger partial charge is 0.287 e. The molecular formula is C22H17N5O3S. The number of anilines is 1. The highest BCUT2D eigenvalue weighted by atomic mass is 32.2. The summed E-state index contributed by atoms with van der Waals surface area (Å²) in [5.41, 5.74) is 2.75. The van der Waals surface area contributed by atoms with E-state index < -0.39 is 10.0 Å². The van der Waals surface area contributed by atoms with Gasteiger partial charge in [-0.05, 0) is 30.3 Å². The standard InChI is InChI=1S/C22H17N5O3S/c1-3-13-26(31(2,29)30)17-8-6-7-16(14-17)20-10-12-24-22-18(15-25-27(20)22)21(28)19-9-4-5-11-23-19/h1,4-12,14-15H,13H2,2H3. The third-order valence-electron chi connectivity index (χ3n) is 4.61. The predicted molar refractivity (Wildman–Crippen MR) is 117 cm³/mol. The second kappa shape index (κ2) is 8.01. The first-order chi connectivity index (χ1) is 14.9. The van der Waals surface area contributed by atoms with E-state index in [0.29, 0.717) is 33.8 Å². The lowest BCUT2D eigenvalue weighted by Crippen LogP contribution is -2.30. The van der Waals surface area contributed by atoms with Gasteiger partial charge in [0.05, 0.1) is 35.9 Å². The van der Waals surface area contributed by atoms with Gasteiger partial charge in [0.2, 0.25) is 15.8 Å². The van der Waals surface area contributed by atoms with Crippen molar-refractivity contribution in [1.29, 1.82) is 0 Å². The summed E-state index contributed by atoms with van der Waals surface area (Å²) in [5, 5.41) is 4.34. The van der Waals surface area contributed by atoms with Crippen LogP contribution < -0.4 is 4.31 Å². The number of aromatic nitrogens is 4. The first-order valence-corrected chi connectivity index (χ1v) is 11.0. The fourth-order valence-electron chi connectivity index (χ4n) is 3.21. The molecule has 0 saturated heterocycles. The summed E-state index contributed by atoms with van der Waals surface area (Å²) in [7, 11) is -3.55. The average Bonchev–Trinajstić information content (AvgIpc) is 3.21. The molecule has 0 amide bonds. The summed E-state index contributed by atoms with van der Waals surface area (Å²) >= 11 is 0. The SMILES string of the molecule is C#CCN(c1cccc(-c2ccnc3c(C(=O)c4ccccn4)cnn23)c1)S(C)(=O)=O. The van der Waals surface area contributed by atoms with Gasteiger partial charge in [-0.15, -0.1) is 6.42 Å². The number of sulfonamides is 1. The number of rotatable bonds is 6. The molecule has 0 unspecified atom stereocenters. The van der Waals surface area contributed by atoms with Crippen molar-refractivity contribution in [2.75, 3.05) is 17.1 Å². The topological polar surface area (TPSA) is 97.5 Å². The number of nitrogens with zero attached hydrogens (tertiary/aromatic N) is 5. The molecule has 1 aromatic carbocycles. The Hall–Kier alpha value is -4.03. The highest BCUT2D eigenvalue weighted by Crippen LogP contribution is 2.27. The smallest absolute Gasteiger partial charge is 0.233 e. The van der Waals surface area contributed by atoms with E-state index in [1.807, 2.05) is 6.07 Å². The molecule has 0 aliphatic rings. The average molecular weight is 431 g/mol. The first-order valence-electron chi connectivity index (χ1n) is 9.20. The van der Waals surface area contributed by atoms with Gasteiger partial charge in [0, 0.05) is 18.0 Å². The van der Waals surface area contributed by atoms with Crippen LogP contribution in [0.1, 0.15) is 16.1 Å². The molecule has 0 fully saturated rings. The summed E-state index contributed by atoms with van der Waals surface area (Å²) in [4.78, 5) is 21.3. The number of ketones is 1. The highest BCUT2D eigenvalue weighted by Gasteiger charge is 2.20. The Morgan fingerprint density at radius 1 is 1.13 bits per heavy atom. The maximum atomic E-state index is 12.8. The number of benzene rings is 1.